The molecule has 3 N–H and O–H groups in total. The van der Waals surface area contributed by atoms with Crippen LogP contribution in [0.4, 0.5) is 15.2 Å². The van der Waals surface area contributed by atoms with Crippen LogP contribution >= 0.6 is 11.3 Å². The van der Waals surface area contributed by atoms with Crippen molar-refractivity contribution in [2.75, 3.05) is 10.6 Å². The number of aromatic nitrogens is 2. The SMILES string of the molecule is O=C(Cc1csc(NC(=O)c2ccc(=O)[nH]c2)n1)Nc1cccc(F)c1. The van der Waals surface area contributed by atoms with Gasteiger partial charge in [-0.05, 0) is 24.3 Å². The molecule has 3 rings (SSSR count). The van der Waals surface area contributed by atoms with E-state index in [0.29, 0.717) is 16.5 Å². The van der Waals surface area contributed by atoms with Crippen LogP contribution in [-0.2, 0) is 11.2 Å². The molecule has 0 atom stereocenters. The van der Waals surface area contributed by atoms with E-state index in [0.717, 1.165) is 0 Å². The molecule has 26 heavy (non-hydrogen) atoms. The van der Waals surface area contributed by atoms with Crippen molar-refractivity contribution in [1.29, 1.82) is 0 Å². The Labute approximate surface area is 150 Å². The number of thiazole rings is 1. The van der Waals surface area contributed by atoms with E-state index in [1.54, 1.807) is 11.4 Å². The Morgan fingerprint density at radius 3 is 2.77 bits per heavy atom. The zero-order valence-corrected chi connectivity index (χ0v) is 14.1. The van der Waals surface area contributed by atoms with E-state index in [-0.39, 0.29) is 23.5 Å². The van der Waals surface area contributed by atoms with Crippen LogP contribution in [0.5, 0.6) is 0 Å². The maximum atomic E-state index is 13.1. The standard InChI is InChI=1S/C17H13FN4O3S/c18-11-2-1-3-12(6-11)20-15(24)7-13-9-26-17(21-13)22-16(25)10-4-5-14(23)19-8-10/h1-6,8-9H,7H2,(H,19,23)(H,20,24)(H,21,22,25). The van der Waals surface area contributed by atoms with Crippen molar-refractivity contribution >= 4 is 34.0 Å². The van der Waals surface area contributed by atoms with Crippen LogP contribution in [0.15, 0.2) is 52.8 Å². The lowest BCUT2D eigenvalue weighted by atomic mass is 10.2. The predicted octanol–water partition coefficient (Wildman–Crippen LogP) is 2.40. The first kappa shape index (κ1) is 17.5. The van der Waals surface area contributed by atoms with Crippen molar-refractivity contribution in [3.63, 3.8) is 0 Å². The third-order valence-electron chi connectivity index (χ3n) is 3.27. The Bertz CT molecular complexity index is 994. The smallest absolute Gasteiger partial charge is 0.258 e. The zero-order valence-electron chi connectivity index (χ0n) is 13.3. The number of carbonyl (C=O) groups excluding carboxylic acids is 2. The molecule has 0 bridgehead atoms. The van der Waals surface area contributed by atoms with Gasteiger partial charge in [0.1, 0.15) is 5.82 Å². The van der Waals surface area contributed by atoms with Crippen LogP contribution in [0, 0.1) is 5.82 Å². The molecule has 0 fully saturated rings. The van der Waals surface area contributed by atoms with Crippen molar-refractivity contribution in [2.45, 2.75) is 6.42 Å². The van der Waals surface area contributed by atoms with Gasteiger partial charge in [-0.1, -0.05) is 6.07 Å². The van der Waals surface area contributed by atoms with Gasteiger partial charge in [0, 0.05) is 23.3 Å². The first-order valence-electron chi connectivity index (χ1n) is 7.49. The Morgan fingerprint density at radius 2 is 2.04 bits per heavy atom. The fourth-order valence-electron chi connectivity index (χ4n) is 2.10. The predicted molar refractivity (Wildman–Crippen MR) is 95.9 cm³/mol. The van der Waals surface area contributed by atoms with Crippen molar-refractivity contribution in [3.05, 3.63) is 75.4 Å². The van der Waals surface area contributed by atoms with Gasteiger partial charge in [-0.2, -0.15) is 0 Å². The summed E-state index contributed by atoms with van der Waals surface area (Å²) in [4.78, 5) is 41.6. The summed E-state index contributed by atoms with van der Waals surface area (Å²) in [5, 5.41) is 7.15. The van der Waals surface area contributed by atoms with E-state index >= 15 is 0 Å². The number of benzene rings is 1. The van der Waals surface area contributed by atoms with Gasteiger partial charge in [-0.15, -0.1) is 11.3 Å². The van der Waals surface area contributed by atoms with Gasteiger partial charge in [-0.3, -0.25) is 19.7 Å². The number of aromatic amines is 1. The molecule has 0 saturated carbocycles. The molecular weight excluding hydrogens is 359 g/mol. The first-order valence-corrected chi connectivity index (χ1v) is 8.37. The molecule has 0 aliphatic carbocycles. The molecule has 0 unspecified atom stereocenters. The van der Waals surface area contributed by atoms with E-state index in [1.165, 1.54) is 47.9 Å². The molecular formula is C17H13FN4O3S. The Balaban J connectivity index is 1.59. The second-order valence-electron chi connectivity index (χ2n) is 5.28. The average Bonchev–Trinajstić information content (AvgIpc) is 3.02. The summed E-state index contributed by atoms with van der Waals surface area (Å²) in [5.74, 6) is -1.21. The molecule has 9 heteroatoms. The van der Waals surface area contributed by atoms with Gasteiger partial charge in [-0.25, -0.2) is 9.37 Å². The van der Waals surface area contributed by atoms with Gasteiger partial charge >= 0.3 is 0 Å². The lowest BCUT2D eigenvalue weighted by Gasteiger charge is -2.03. The second-order valence-corrected chi connectivity index (χ2v) is 6.13. The number of H-pyrrole nitrogens is 1. The monoisotopic (exact) mass is 372 g/mol. The quantitative estimate of drug-likeness (QED) is 0.640. The maximum absolute atomic E-state index is 13.1. The van der Waals surface area contributed by atoms with Gasteiger partial charge in [0.15, 0.2) is 5.13 Å². The molecule has 0 saturated heterocycles. The summed E-state index contributed by atoms with van der Waals surface area (Å²) < 4.78 is 13.1. The van der Waals surface area contributed by atoms with Gasteiger partial charge < -0.3 is 10.3 Å². The summed E-state index contributed by atoms with van der Waals surface area (Å²) in [7, 11) is 0. The van der Waals surface area contributed by atoms with Crippen LogP contribution in [0.3, 0.4) is 0 Å². The van der Waals surface area contributed by atoms with Gasteiger partial charge in [0.25, 0.3) is 5.91 Å². The van der Waals surface area contributed by atoms with E-state index in [1.807, 2.05) is 0 Å². The molecule has 7 nitrogen and oxygen atoms in total. The highest BCUT2D eigenvalue weighted by Gasteiger charge is 2.12. The molecule has 0 aliphatic rings. The number of pyridine rings is 1. The number of anilines is 2. The number of halogens is 1. The molecule has 0 aliphatic heterocycles. The van der Waals surface area contributed by atoms with Crippen molar-refractivity contribution in [2.24, 2.45) is 0 Å². The highest BCUT2D eigenvalue weighted by Crippen LogP contribution is 2.17. The number of hydrogen-bond acceptors (Lipinski definition) is 5. The zero-order chi connectivity index (χ0) is 18.5. The summed E-state index contributed by atoms with van der Waals surface area (Å²) in [5.41, 5.74) is 0.810. The summed E-state index contributed by atoms with van der Waals surface area (Å²) in [6.45, 7) is 0. The first-order chi connectivity index (χ1) is 12.5. The highest BCUT2D eigenvalue weighted by atomic mass is 32.1. The van der Waals surface area contributed by atoms with Crippen LogP contribution in [0.2, 0.25) is 0 Å². The molecule has 2 heterocycles. The molecule has 0 spiro atoms. The molecule has 3 aromatic rings. The minimum absolute atomic E-state index is 0.0124. The number of hydrogen-bond donors (Lipinski definition) is 3. The van der Waals surface area contributed by atoms with Crippen LogP contribution in [0.1, 0.15) is 16.1 Å². The van der Waals surface area contributed by atoms with Crippen molar-refractivity contribution < 1.29 is 14.0 Å². The lowest BCUT2D eigenvalue weighted by Crippen LogP contribution is -2.16. The van der Waals surface area contributed by atoms with Crippen LogP contribution in [0.25, 0.3) is 0 Å². The minimum atomic E-state index is -0.441. The number of nitrogens with zero attached hydrogens (tertiary/aromatic N) is 1. The van der Waals surface area contributed by atoms with Crippen LogP contribution < -0.4 is 16.2 Å². The number of carbonyl (C=O) groups is 2. The largest absolute Gasteiger partial charge is 0.328 e. The number of amides is 2. The second kappa shape index (κ2) is 7.70. The number of nitrogens with one attached hydrogen (secondary N) is 3. The minimum Gasteiger partial charge on any atom is -0.328 e. The Hall–Kier alpha value is -3.33. The topological polar surface area (TPSA) is 104 Å². The van der Waals surface area contributed by atoms with E-state index in [4.69, 9.17) is 0 Å². The average molecular weight is 372 g/mol. The lowest BCUT2D eigenvalue weighted by molar-refractivity contribution is -0.115. The van der Waals surface area contributed by atoms with Crippen molar-refractivity contribution in [1.82, 2.24) is 9.97 Å². The van der Waals surface area contributed by atoms with Gasteiger partial charge in [0.2, 0.25) is 11.5 Å². The molecule has 0 radical (unpaired) electrons. The molecule has 2 aromatic heterocycles. The Morgan fingerprint density at radius 1 is 1.19 bits per heavy atom. The summed E-state index contributed by atoms with van der Waals surface area (Å²) >= 11 is 1.17. The van der Waals surface area contributed by atoms with E-state index in [2.05, 4.69) is 20.6 Å². The third kappa shape index (κ3) is 4.61. The maximum Gasteiger partial charge on any atom is 0.258 e. The normalized spacial score (nSPS) is 10.3. The Kier molecular flexibility index (Phi) is 5.18. The molecule has 1 aromatic carbocycles. The molecule has 132 valence electrons. The fourth-order valence-corrected chi connectivity index (χ4v) is 2.81. The number of rotatable bonds is 5. The summed E-state index contributed by atoms with van der Waals surface area (Å²) in [6.07, 6.45) is 1.29. The van der Waals surface area contributed by atoms with Crippen molar-refractivity contribution in [3.8, 4) is 0 Å². The molecule has 2 amide bonds. The van der Waals surface area contributed by atoms with E-state index < -0.39 is 11.7 Å². The third-order valence-corrected chi connectivity index (χ3v) is 4.08. The highest BCUT2D eigenvalue weighted by molar-refractivity contribution is 7.14. The fraction of sp³-hybridized carbons (Fsp3) is 0.0588. The van der Waals surface area contributed by atoms with Gasteiger partial charge in [0.05, 0.1) is 17.7 Å². The van der Waals surface area contributed by atoms with Crippen LogP contribution in [-0.4, -0.2) is 21.8 Å². The van der Waals surface area contributed by atoms with E-state index in [9.17, 15) is 18.8 Å². The summed E-state index contributed by atoms with van der Waals surface area (Å²) in [6, 6.07) is 8.23.